The van der Waals surface area contributed by atoms with Gasteiger partial charge in [-0.15, -0.1) is 0 Å². The van der Waals surface area contributed by atoms with Gasteiger partial charge in [-0.25, -0.2) is 0 Å². The van der Waals surface area contributed by atoms with Crippen LogP contribution in [0.4, 0.5) is 11.5 Å². The van der Waals surface area contributed by atoms with Gasteiger partial charge in [0.25, 0.3) is 0 Å². The molecule has 0 radical (unpaired) electrons. The second kappa shape index (κ2) is 3.47. The maximum absolute atomic E-state index is 5.70. The highest BCUT2D eigenvalue weighted by molar-refractivity contribution is 5.60. The molecule has 4 heteroatoms. The minimum absolute atomic E-state index is 0.419. The molecule has 1 atom stereocenters. The number of nitrogens with zero attached hydrogens (tertiary/aromatic N) is 2. The fourth-order valence-electron chi connectivity index (χ4n) is 0.954. The van der Waals surface area contributed by atoms with Crippen molar-refractivity contribution >= 4 is 11.5 Å². The molecule has 0 aliphatic rings. The zero-order valence-corrected chi connectivity index (χ0v) is 7.83. The Bertz CT molecular complexity index is 254. The average molecular weight is 168 g/mol. The van der Waals surface area contributed by atoms with E-state index in [2.05, 4.69) is 24.3 Å². The predicted molar refractivity (Wildman–Crippen MR) is 51.0 cm³/mol. The van der Waals surface area contributed by atoms with Crippen molar-refractivity contribution < 1.29 is 0 Å². The van der Waals surface area contributed by atoms with Crippen LogP contribution < -0.4 is 11.1 Å². The highest BCUT2D eigenvalue weighted by Crippen LogP contribution is 2.15. The minimum atomic E-state index is 0.419. The molecular formula is C8H16N4. The van der Waals surface area contributed by atoms with Crippen molar-refractivity contribution in [3.05, 3.63) is 6.20 Å². The average Bonchev–Trinajstić information content (AvgIpc) is 2.30. The number of aryl methyl sites for hydroxylation is 1. The van der Waals surface area contributed by atoms with Gasteiger partial charge < -0.3 is 11.1 Å². The normalized spacial score (nSPS) is 12.9. The third kappa shape index (κ3) is 1.90. The minimum Gasteiger partial charge on any atom is -0.394 e. The molecule has 3 N–H and O–H groups in total. The smallest absolute Gasteiger partial charge is 0.171 e. The molecule has 0 spiro atoms. The molecule has 4 nitrogen and oxygen atoms in total. The Morgan fingerprint density at radius 1 is 1.75 bits per heavy atom. The maximum Gasteiger partial charge on any atom is 0.171 e. The Morgan fingerprint density at radius 3 is 2.83 bits per heavy atom. The summed E-state index contributed by atoms with van der Waals surface area (Å²) in [4.78, 5) is 0. The summed E-state index contributed by atoms with van der Waals surface area (Å²) in [7, 11) is 1.86. The number of hydrogen-bond donors (Lipinski definition) is 2. The fourth-order valence-corrected chi connectivity index (χ4v) is 0.954. The Kier molecular flexibility index (Phi) is 2.58. The summed E-state index contributed by atoms with van der Waals surface area (Å²) in [5, 5.41) is 7.40. The number of aromatic nitrogens is 2. The van der Waals surface area contributed by atoms with Gasteiger partial charge in [-0.05, 0) is 13.3 Å². The van der Waals surface area contributed by atoms with Crippen LogP contribution in [0.5, 0.6) is 0 Å². The molecule has 12 heavy (non-hydrogen) atoms. The first-order chi connectivity index (χ1) is 5.63. The van der Waals surface area contributed by atoms with E-state index in [0.29, 0.717) is 11.7 Å². The van der Waals surface area contributed by atoms with E-state index in [1.807, 2.05) is 7.05 Å². The zero-order valence-electron chi connectivity index (χ0n) is 7.83. The summed E-state index contributed by atoms with van der Waals surface area (Å²) in [6.45, 7) is 4.23. The SMILES string of the molecule is CCC(C)Nc1nn(C)cc1N. The highest BCUT2D eigenvalue weighted by atomic mass is 15.3. The summed E-state index contributed by atoms with van der Waals surface area (Å²) < 4.78 is 1.71. The molecule has 1 aromatic rings. The van der Waals surface area contributed by atoms with Gasteiger partial charge in [-0.3, -0.25) is 4.68 Å². The highest BCUT2D eigenvalue weighted by Gasteiger charge is 2.05. The van der Waals surface area contributed by atoms with E-state index >= 15 is 0 Å². The Labute approximate surface area is 72.8 Å². The van der Waals surface area contributed by atoms with E-state index in [4.69, 9.17) is 5.73 Å². The molecule has 1 unspecified atom stereocenters. The molecule has 0 fully saturated rings. The number of nitrogen functional groups attached to an aromatic ring is 1. The van der Waals surface area contributed by atoms with Crippen LogP contribution in [0.3, 0.4) is 0 Å². The summed E-state index contributed by atoms with van der Waals surface area (Å²) >= 11 is 0. The summed E-state index contributed by atoms with van der Waals surface area (Å²) in [5.74, 6) is 0.784. The van der Waals surface area contributed by atoms with E-state index in [-0.39, 0.29) is 0 Å². The van der Waals surface area contributed by atoms with Crippen molar-refractivity contribution in [2.45, 2.75) is 26.3 Å². The van der Waals surface area contributed by atoms with Gasteiger partial charge in [0, 0.05) is 19.3 Å². The number of nitrogens with two attached hydrogens (primary N) is 1. The number of rotatable bonds is 3. The van der Waals surface area contributed by atoms with Crippen molar-refractivity contribution in [3.8, 4) is 0 Å². The number of nitrogens with one attached hydrogen (secondary N) is 1. The molecule has 0 aromatic carbocycles. The first-order valence-corrected chi connectivity index (χ1v) is 4.19. The third-order valence-corrected chi connectivity index (χ3v) is 1.85. The monoisotopic (exact) mass is 168 g/mol. The molecule has 0 bridgehead atoms. The van der Waals surface area contributed by atoms with Gasteiger partial charge in [-0.2, -0.15) is 5.10 Å². The molecule has 1 heterocycles. The number of anilines is 2. The van der Waals surface area contributed by atoms with Crippen molar-refractivity contribution in [1.82, 2.24) is 9.78 Å². The Hall–Kier alpha value is -1.19. The molecule has 1 aromatic heterocycles. The molecule has 68 valence electrons. The van der Waals surface area contributed by atoms with Crippen molar-refractivity contribution in [2.24, 2.45) is 7.05 Å². The maximum atomic E-state index is 5.70. The quantitative estimate of drug-likeness (QED) is 0.713. The van der Waals surface area contributed by atoms with Gasteiger partial charge in [0.1, 0.15) is 0 Å². The second-order valence-electron chi connectivity index (χ2n) is 3.06. The van der Waals surface area contributed by atoms with Crippen LogP contribution in [0.25, 0.3) is 0 Å². The van der Waals surface area contributed by atoms with Gasteiger partial charge in [0.15, 0.2) is 5.82 Å². The van der Waals surface area contributed by atoms with Crippen LogP contribution in [-0.2, 0) is 7.05 Å². The van der Waals surface area contributed by atoms with Crippen LogP contribution in [0, 0.1) is 0 Å². The molecule has 0 aliphatic carbocycles. The largest absolute Gasteiger partial charge is 0.394 e. The van der Waals surface area contributed by atoms with Crippen LogP contribution in [0.1, 0.15) is 20.3 Å². The lowest BCUT2D eigenvalue weighted by Gasteiger charge is -2.10. The van der Waals surface area contributed by atoms with Crippen molar-refractivity contribution in [1.29, 1.82) is 0 Å². The lowest BCUT2D eigenvalue weighted by molar-refractivity contribution is 0.734. The molecule has 0 aliphatic heterocycles. The lowest BCUT2D eigenvalue weighted by atomic mass is 10.2. The molecular weight excluding hydrogens is 152 g/mol. The first kappa shape index (κ1) is 8.90. The molecule has 0 amide bonds. The van der Waals surface area contributed by atoms with Gasteiger partial charge in [0.2, 0.25) is 0 Å². The fraction of sp³-hybridized carbons (Fsp3) is 0.625. The van der Waals surface area contributed by atoms with Crippen molar-refractivity contribution in [2.75, 3.05) is 11.1 Å². The van der Waals surface area contributed by atoms with E-state index in [0.717, 1.165) is 12.2 Å². The predicted octanol–water partition coefficient (Wildman–Crippen LogP) is 1.21. The number of hydrogen-bond acceptors (Lipinski definition) is 3. The van der Waals surface area contributed by atoms with Crippen LogP contribution in [0.2, 0.25) is 0 Å². The van der Waals surface area contributed by atoms with Crippen molar-refractivity contribution in [3.63, 3.8) is 0 Å². The molecule has 0 saturated carbocycles. The van der Waals surface area contributed by atoms with Gasteiger partial charge >= 0.3 is 0 Å². The zero-order chi connectivity index (χ0) is 9.14. The van der Waals surface area contributed by atoms with Crippen LogP contribution in [0.15, 0.2) is 6.20 Å². The first-order valence-electron chi connectivity index (χ1n) is 4.19. The van der Waals surface area contributed by atoms with Crippen LogP contribution in [-0.4, -0.2) is 15.8 Å². The third-order valence-electron chi connectivity index (χ3n) is 1.85. The second-order valence-corrected chi connectivity index (χ2v) is 3.06. The van der Waals surface area contributed by atoms with Gasteiger partial charge in [-0.1, -0.05) is 6.92 Å². The van der Waals surface area contributed by atoms with Crippen LogP contribution >= 0.6 is 0 Å². The summed E-state index contributed by atoms with van der Waals surface area (Å²) in [6, 6.07) is 0.419. The summed E-state index contributed by atoms with van der Waals surface area (Å²) in [6.07, 6.45) is 2.86. The van der Waals surface area contributed by atoms with E-state index in [9.17, 15) is 0 Å². The molecule has 0 saturated heterocycles. The van der Waals surface area contributed by atoms with E-state index in [1.54, 1.807) is 10.9 Å². The van der Waals surface area contributed by atoms with Gasteiger partial charge in [0.05, 0.1) is 5.69 Å². The molecule has 1 rings (SSSR count). The summed E-state index contributed by atoms with van der Waals surface area (Å²) in [5.41, 5.74) is 6.40. The standard InChI is InChI=1S/C8H16N4/c1-4-6(2)10-8-7(9)5-12(3)11-8/h5-6H,4,9H2,1-3H3,(H,10,11). The Morgan fingerprint density at radius 2 is 2.42 bits per heavy atom. The lowest BCUT2D eigenvalue weighted by Crippen LogP contribution is -2.14. The topological polar surface area (TPSA) is 55.9 Å². The van der Waals surface area contributed by atoms with E-state index < -0.39 is 0 Å². The Balaban J connectivity index is 2.68. The van der Waals surface area contributed by atoms with E-state index in [1.165, 1.54) is 0 Å².